The quantitative estimate of drug-likeness (QED) is 0.681. The third kappa shape index (κ3) is 2.27. The van der Waals surface area contributed by atoms with Gasteiger partial charge in [0.05, 0.1) is 5.60 Å². The molecule has 1 saturated heterocycles. The SMILES string of the molecule is CN(C)NC1CCOC2(CCCC2)C1. The lowest BCUT2D eigenvalue weighted by molar-refractivity contribution is -0.0899. The summed E-state index contributed by atoms with van der Waals surface area (Å²) in [6.45, 7) is 0.936. The molecule has 14 heavy (non-hydrogen) atoms. The van der Waals surface area contributed by atoms with E-state index in [1.54, 1.807) is 0 Å². The first-order valence-electron chi connectivity index (χ1n) is 5.78. The van der Waals surface area contributed by atoms with Crippen LogP contribution in [0.3, 0.4) is 0 Å². The molecule has 1 unspecified atom stereocenters. The molecule has 82 valence electrons. The van der Waals surface area contributed by atoms with E-state index in [0.717, 1.165) is 13.0 Å². The molecule has 1 aliphatic carbocycles. The topological polar surface area (TPSA) is 24.5 Å². The highest BCUT2D eigenvalue weighted by Crippen LogP contribution is 2.39. The number of nitrogens with zero attached hydrogens (tertiary/aromatic N) is 1. The Hall–Kier alpha value is -0.120. The largest absolute Gasteiger partial charge is 0.375 e. The molecule has 2 fully saturated rings. The Morgan fingerprint density at radius 3 is 2.64 bits per heavy atom. The zero-order valence-electron chi connectivity index (χ0n) is 9.38. The van der Waals surface area contributed by atoms with Gasteiger partial charge in [0.15, 0.2) is 0 Å². The van der Waals surface area contributed by atoms with E-state index in [-0.39, 0.29) is 5.60 Å². The maximum atomic E-state index is 5.98. The second kappa shape index (κ2) is 4.17. The van der Waals surface area contributed by atoms with Crippen molar-refractivity contribution in [1.29, 1.82) is 0 Å². The van der Waals surface area contributed by atoms with Crippen molar-refractivity contribution in [2.45, 2.75) is 50.2 Å². The molecule has 2 rings (SSSR count). The highest BCUT2D eigenvalue weighted by Gasteiger charge is 2.39. The lowest BCUT2D eigenvalue weighted by atomic mass is 9.89. The number of hydrogen-bond donors (Lipinski definition) is 1. The number of ether oxygens (including phenoxy) is 1. The summed E-state index contributed by atoms with van der Waals surface area (Å²) in [7, 11) is 4.13. The van der Waals surface area contributed by atoms with Crippen molar-refractivity contribution in [3.8, 4) is 0 Å². The van der Waals surface area contributed by atoms with Gasteiger partial charge in [0.1, 0.15) is 0 Å². The van der Waals surface area contributed by atoms with Gasteiger partial charge < -0.3 is 4.74 Å². The van der Waals surface area contributed by atoms with Gasteiger partial charge in [0.25, 0.3) is 0 Å². The molecule has 0 aromatic carbocycles. The van der Waals surface area contributed by atoms with Crippen molar-refractivity contribution in [3.05, 3.63) is 0 Å². The molecule has 1 aliphatic heterocycles. The van der Waals surface area contributed by atoms with Crippen molar-refractivity contribution in [2.24, 2.45) is 0 Å². The molecule has 2 aliphatic rings. The second-order valence-electron chi connectivity index (χ2n) is 4.95. The summed E-state index contributed by atoms with van der Waals surface area (Å²) in [5.41, 5.74) is 3.73. The lowest BCUT2D eigenvalue weighted by Gasteiger charge is -2.39. The smallest absolute Gasteiger partial charge is 0.0697 e. The van der Waals surface area contributed by atoms with Crippen molar-refractivity contribution >= 4 is 0 Å². The molecule has 0 bridgehead atoms. The number of rotatable bonds is 2. The van der Waals surface area contributed by atoms with Crippen molar-refractivity contribution in [1.82, 2.24) is 10.4 Å². The minimum Gasteiger partial charge on any atom is -0.375 e. The molecule has 1 saturated carbocycles. The fraction of sp³-hybridized carbons (Fsp3) is 1.00. The Balaban J connectivity index is 1.90. The van der Waals surface area contributed by atoms with Gasteiger partial charge in [0.2, 0.25) is 0 Å². The number of hydrogen-bond acceptors (Lipinski definition) is 3. The first-order valence-corrected chi connectivity index (χ1v) is 5.78. The van der Waals surface area contributed by atoms with Crippen LogP contribution in [-0.4, -0.2) is 37.4 Å². The Morgan fingerprint density at radius 2 is 2.00 bits per heavy atom. The van der Waals surface area contributed by atoms with Crippen LogP contribution in [0, 0.1) is 0 Å². The summed E-state index contributed by atoms with van der Waals surface area (Å²) < 4.78 is 5.98. The maximum absolute atomic E-state index is 5.98. The van der Waals surface area contributed by atoms with E-state index in [1.807, 2.05) is 0 Å². The van der Waals surface area contributed by atoms with Gasteiger partial charge in [-0.15, -0.1) is 0 Å². The van der Waals surface area contributed by atoms with Crippen LogP contribution in [0.2, 0.25) is 0 Å². The molecular formula is C11H22N2O. The van der Waals surface area contributed by atoms with Crippen LogP contribution in [-0.2, 0) is 4.74 Å². The fourth-order valence-electron chi connectivity index (χ4n) is 2.87. The first kappa shape index (κ1) is 10.4. The highest BCUT2D eigenvalue weighted by molar-refractivity contribution is 4.92. The predicted molar refractivity (Wildman–Crippen MR) is 57.0 cm³/mol. The zero-order valence-corrected chi connectivity index (χ0v) is 9.38. The Morgan fingerprint density at radius 1 is 1.29 bits per heavy atom. The van der Waals surface area contributed by atoms with Crippen molar-refractivity contribution < 1.29 is 4.74 Å². The summed E-state index contributed by atoms with van der Waals surface area (Å²) >= 11 is 0. The molecule has 0 aromatic rings. The summed E-state index contributed by atoms with van der Waals surface area (Å²) in [4.78, 5) is 0. The van der Waals surface area contributed by atoms with E-state index >= 15 is 0 Å². The molecule has 1 atom stereocenters. The van der Waals surface area contributed by atoms with Crippen LogP contribution in [0.25, 0.3) is 0 Å². The molecule has 0 aromatic heterocycles. The van der Waals surface area contributed by atoms with E-state index in [1.165, 1.54) is 32.1 Å². The molecule has 1 spiro atoms. The van der Waals surface area contributed by atoms with Gasteiger partial charge in [-0.3, -0.25) is 10.4 Å². The zero-order chi connectivity index (χ0) is 10.0. The second-order valence-corrected chi connectivity index (χ2v) is 4.95. The van der Waals surface area contributed by atoms with E-state index < -0.39 is 0 Å². The van der Waals surface area contributed by atoms with E-state index in [0.29, 0.717) is 6.04 Å². The molecule has 3 nitrogen and oxygen atoms in total. The normalized spacial score (nSPS) is 31.5. The average Bonchev–Trinajstić information content (AvgIpc) is 2.52. The average molecular weight is 198 g/mol. The predicted octanol–water partition coefficient (Wildman–Crippen LogP) is 1.54. The minimum absolute atomic E-state index is 0.242. The van der Waals surface area contributed by atoms with Gasteiger partial charge in [-0.2, -0.15) is 0 Å². The Bertz CT molecular complexity index is 188. The Labute approximate surface area is 86.8 Å². The molecule has 1 N–H and O–H groups in total. The molecule has 0 amide bonds. The monoisotopic (exact) mass is 198 g/mol. The fourth-order valence-corrected chi connectivity index (χ4v) is 2.87. The van der Waals surface area contributed by atoms with Crippen LogP contribution in [0.5, 0.6) is 0 Å². The maximum Gasteiger partial charge on any atom is 0.0697 e. The third-order valence-electron chi connectivity index (χ3n) is 3.45. The lowest BCUT2D eigenvalue weighted by Crippen LogP contribution is -2.49. The summed E-state index contributed by atoms with van der Waals surface area (Å²) in [5, 5.41) is 2.07. The standard InChI is InChI=1S/C11H22N2O/c1-13(2)12-10-5-8-14-11(9-10)6-3-4-7-11/h10,12H,3-9H2,1-2H3. The Kier molecular flexibility index (Phi) is 3.10. The van der Waals surface area contributed by atoms with Crippen LogP contribution in [0.1, 0.15) is 38.5 Å². The van der Waals surface area contributed by atoms with Gasteiger partial charge in [-0.05, 0) is 25.7 Å². The van der Waals surface area contributed by atoms with Crippen molar-refractivity contribution in [3.63, 3.8) is 0 Å². The highest BCUT2D eigenvalue weighted by atomic mass is 16.5. The summed E-state index contributed by atoms with van der Waals surface area (Å²) in [6, 6.07) is 0.622. The van der Waals surface area contributed by atoms with Gasteiger partial charge >= 0.3 is 0 Å². The van der Waals surface area contributed by atoms with Crippen molar-refractivity contribution in [2.75, 3.05) is 20.7 Å². The molecule has 3 heteroatoms. The van der Waals surface area contributed by atoms with E-state index in [2.05, 4.69) is 24.5 Å². The van der Waals surface area contributed by atoms with E-state index in [9.17, 15) is 0 Å². The van der Waals surface area contributed by atoms with Gasteiger partial charge in [0, 0.05) is 26.7 Å². The van der Waals surface area contributed by atoms with Crippen LogP contribution in [0.15, 0.2) is 0 Å². The van der Waals surface area contributed by atoms with E-state index in [4.69, 9.17) is 4.74 Å². The number of nitrogens with one attached hydrogen (secondary N) is 1. The molecule has 1 heterocycles. The van der Waals surface area contributed by atoms with Crippen LogP contribution < -0.4 is 5.43 Å². The summed E-state index contributed by atoms with van der Waals surface area (Å²) in [6.07, 6.45) is 7.62. The summed E-state index contributed by atoms with van der Waals surface area (Å²) in [5.74, 6) is 0. The number of hydrazine groups is 1. The molecule has 0 radical (unpaired) electrons. The van der Waals surface area contributed by atoms with Gasteiger partial charge in [-0.1, -0.05) is 12.8 Å². The first-order chi connectivity index (χ1) is 6.70. The molecular weight excluding hydrogens is 176 g/mol. The minimum atomic E-state index is 0.242. The van der Waals surface area contributed by atoms with Gasteiger partial charge in [-0.25, -0.2) is 0 Å². The van der Waals surface area contributed by atoms with Crippen LogP contribution >= 0.6 is 0 Å². The third-order valence-corrected chi connectivity index (χ3v) is 3.45. The van der Waals surface area contributed by atoms with Crippen LogP contribution in [0.4, 0.5) is 0 Å².